The summed E-state index contributed by atoms with van der Waals surface area (Å²) in [5.74, 6) is 4.10. The molecule has 5 aliphatic carbocycles. The smallest absolute Gasteiger partial charge is 0.00956 e. The molecule has 1 N–H and O–H groups in total. The topological polar surface area (TPSA) is 12.0 Å². The van der Waals surface area contributed by atoms with Gasteiger partial charge in [-0.1, -0.05) is 27.7 Å². The lowest BCUT2D eigenvalue weighted by Gasteiger charge is -2.59. The van der Waals surface area contributed by atoms with Gasteiger partial charge in [-0.25, -0.2) is 0 Å². The highest BCUT2D eigenvalue weighted by atomic mass is 15.0. The summed E-state index contributed by atoms with van der Waals surface area (Å²) in [6, 6.07) is 0.734. The van der Waals surface area contributed by atoms with E-state index in [0.29, 0.717) is 16.2 Å². The van der Waals surface area contributed by atoms with Crippen molar-refractivity contribution in [1.82, 2.24) is 5.32 Å². The number of rotatable bonds is 4. The SMILES string of the molecule is CC(NCC1C(C)(C)C1(C)C)C12CC3CC(CC(C3)C1)C2. The van der Waals surface area contributed by atoms with Gasteiger partial charge in [-0.05, 0) is 91.9 Å². The Kier molecular flexibility index (Phi) is 2.96. The lowest BCUT2D eigenvalue weighted by atomic mass is 9.48. The Bertz CT molecular complexity index is 384. The minimum atomic E-state index is 0.529. The van der Waals surface area contributed by atoms with E-state index in [-0.39, 0.29) is 0 Å². The van der Waals surface area contributed by atoms with Crippen molar-refractivity contribution in [3.63, 3.8) is 0 Å². The van der Waals surface area contributed by atoms with E-state index in [0.717, 1.165) is 29.7 Å². The Labute approximate surface area is 131 Å². The molecule has 1 unspecified atom stereocenters. The molecule has 120 valence electrons. The van der Waals surface area contributed by atoms with E-state index in [9.17, 15) is 0 Å². The molecule has 1 nitrogen and oxygen atoms in total. The van der Waals surface area contributed by atoms with Gasteiger partial charge in [0.05, 0.1) is 0 Å². The van der Waals surface area contributed by atoms with Gasteiger partial charge in [0, 0.05) is 6.04 Å². The van der Waals surface area contributed by atoms with Crippen LogP contribution in [0.5, 0.6) is 0 Å². The van der Waals surface area contributed by atoms with Crippen LogP contribution in [0.25, 0.3) is 0 Å². The minimum absolute atomic E-state index is 0.529. The zero-order valence-corrected chi connectivity index (χ0v) is 14.8. The van der Waals surface area contributed by atoms with Crippen molar-refractivity contribution in [2.75, 3.05) is 6.54 Å². The second kappa shape index (κ2) is 4.28. The lowest BCUT2D eigenvalue weighted by molar-refractivity contribution is -0.0706. The summed E-state index contributed by atoms with van der Waals surface area (Å²) in [6.45, 7) is 13.6. The summed E-state index contributed by atoms with van der Waals surface area (Å²) in [6.07, 6.45) is 9.29. The Morgan fingerprint density at radius 3 is 1.67 bits per heavy atom. The minimum Gasteiger partial charge on any atom is -0.313 e. The number of nitrogens with one attached hydrogen (secondary N) is 1. The fraction of sp³-hybridized carbons (Fsp3) is 1.00. The molecule has 5 aliphatic rings. The molecule has 0 heterocycles. The molecule has 0 aliphatic heterocycles. The van der Waals surface area contributed by atoms with Crippen molar-refractivity contribution in [3.05, 3.63) is 0 Å². The molecule has 0 spiro atoms. The van der Waals surface area contributed by atoms with Gasteiger partial charge in [0.1, 0.15) is 0 Å². The Morgan fingerprint density at radius 1 is 0.857 bits per heavy atom. The third kappa shape index (κ3) is 1.98. The molecule has 0 amide bonds. The molecular weight excluding hydrogens is 254 g/mol. The van der Waals surface area contributed by atoms with Crippen LogP contribution in [0.15, 0.2) is 0 Å². The monoisotopic (exact) mass is 289 g/mol. The molecule has 0 aromatic carbocycles. The molecular formula is C20H35N. The molecule has 0 saturated heterocycles. The first-order valence-electron chi connectivity index (χ1n) is 9.48. The van der Waals surface area contributed by atoms with Crippen molar-refractivity contribution in [2.24, 2.45) is 39.9 Å². The Balaban J connectivity index is 1.41. The fourth-order valence-corrected chi connectivity index (χ4v) is 7.06. The van der Waals surface area contributed by atoms with E-state index in [1.807, 2.05) is 0 Å². The van der Waals surface area contributed by atoms with E-state index in [4.69, 9.17) is 0 Å². The molecule has 0 aromatic heterocycles. The van der Waals surface area contributed by atoms with Crippen LogP contribution < -0.4 is 5.32 Å². The summed E-state index contributed by atoms with van der Waals surface area (Å²) in [7, 11) is 0. The number of hydrogen-bond acceptors (Lipinski definition) is 1. The van der Waals surface area contributed by atoms with Crippen LogP contribution >= 0.6 is 0 Å². The largest absolute Gasteiger partial charge is 0.313 e. The molecule has 1 heteroatoms. The zero-order valence-electron chi connectivity index (χ0n) is 14.8. The van der Waals surface area contributed by atoms with Gasteiger partial charge in [-0.15, -0.1) is 0 Å². The van der Waals surface area contributed by atoms with E-state index in [1.165, 1.54) is 25.8 Å². The maximum atomic E-state index is 4.01. The van der Waals surface area contributed by atoms with E-state index >= 15 is 0 Å². The van der Waals surface area contributed by atoms with Crippen molar-refractivity contribution in [2.45, 2.75) is 79.2 Å². The zero-order chi connectivity index (χ0) is 15.0. The van der Waals surface area contributed by atoms with Gasteiger partial charge in [-0.3, -0.25) is 0 Å². The third-order valence-corrected chi connectivity index (χ3v) is 8.95. The predicted octanol–water partition coefficient (Wildman–Crippen LogP) is 4.86. The fourth-order valence-electron chi connectivity index (χ4n) is 7.06. The molecule has 5 fully saturated rings. The van der Waals surface area contributed by atoms with Crippen LogP contribution in [0.3, 0.4) is 0 Å². The van der Waals surface area contributed by atoms with Gasteiger partial charge in [0.15, 0.2) is 0 Å². The first kappa shape index (κ1) is 14.5. The number of hydrogen-bond donors (Lipinski definition) is 1. The van der Waals surface area contributed by atoms with Gasteiger partial charge < -0.3 is 5.32 Å². The van der Waals surface area contributed by atoms with E-state index in [1.54, 1.807) is 19.3 Å². The van der Waals surface area contributed by atoms with Crippen molar-refractivity contribution < 1.29 is 0 Å². The van der Waals surface area contributed by atoms with Crippen LogP contribution in [0, 0.1) is 39.9 Å². The molecule has 4 bridgehead atoms. The average Bonchev–Trinajstić information content (AvgIpc) is 2.75. The van der Waals surface area contributed by atoms with Crippen LogP contribution in [0.4, 0.5) is 0 Å². The molecule has 5 rings (SSSR count). The van der Waals surface area contributed by atoms with Crippen LogP contribution in [0.1, 0.15) is 73.1 Å². The highest BCUT2D eigenvalue weighted by molar-refractivity contribution is 5.13. The van der Waals surface area contributed by atoms with Gasteiger partial charge in [0.25, 0.3) is 0 Å². The van der Waals surface area contributed by atoms with E-state index < -0.39 is 0 Å². The average molecular weight is 290 g/mol. The molecule has 21 heavy (non-hydrogen) atoms. The molecule has 1 atom stereocenters. The summed E-state index contributed by atoms with van der Waals surface area (Å²) in [5.41, 5.74) is 1.72. The first-order valence-corrected chi connectivity index (χ1v) is 9.48. The van der Waals surface area contributed by atoms with Crippen molar-refractivity contribution in [3.8, 4) is 0 Å². The maximum absolute atomic E-state index is 4.01. The second-order valence-electron chi connectivity index (χ2n) is 10.4. The third-order valence-electron chi connectivity index (χ3n) is 8.95. The van der Waals surface area contributed by atoms with Crippen LogP contribution in [-0.2, 0) is 0 Å². The molecule has 5 saturated carbocycles. The van der Waals surface area contributed by atoms with Gasteiger partial charge in [-0.2, -0.15) is 0 Å². The molecule has 0 radical (unpaired) electrons. The van der Waals surface area contributed by atoms with E-state index in [2.05, 4.69) is 39.9 Å². The highest BCUT2D eigenvalue weighted by Crippen LogP contribution is 2.68. The van der Waals surface area contributed by atoms with Crippen molar-refractivity contribution in [1.29, 1.82) is 0 Å². The summed E-state index contributed by atoms with van der Waals surface area (Å²) >= 11 is 0. The normalized spacial score (nSPS) is 47.6. The second-order valence-corrected chi connectivity index (χ2v) is 10.4. The molecule has 0 aromatic rings. The standard InChI is InChI=1S/C20H35N/c1-13(21-12-17-18(2,3)19(17,4)5)20-9-14-6-15(10-20)8-16(7-14)11-20/h13-17,21H,6-12H2,1-5H3. The first-order chi connectivity index (χ1) is 9.74. The summed E-state index contributed by atoms with van der Waals surface area (Å²) < 4.78 is 0. The Morgan fingerprint density at radius 2 is 1.29 bits per heavy atom. The van der Waals surface area contributed by atoms with Crippen LogP contribution in [-0.4, -0.2) is 12.6 Å². The van der Waals surface area contributed by atoms with Gasteiger partial charge in [0.2, 0.25) is 0 Å². The van der Waals surface area contributed by atoms with Crippen molar-refractivity contribution >= 4 is 0 Å². The summed E-state index contributed by atoms with van der Waals surface area (Å²) in [5, 5.41) is 4.01. The quantitative estimate of drug-likeness (QED) is 0.779. The Hall–Kier alpha value is -0.0400. The maximum Gasteiger partial charge on any atom is 0.00956 e. The summed E-state index contributed by atoms with van der Waals surface area (Å²) in [4.78, 5) is 0. The highest BCUT2D eigenvalue weighted by Gasteiger charge is 2.64. The van der Waals surface area contributed by atoms with Gasteiger partial charge >= 0.3 is 0 Å². The lowest BCUT2D eigenvalue weighted by Crippen LogP contribution is -2.55. The predicted molar refractivity (Wildman–Crippen MR) is 89.1 cm³/mol. The van der Waals surface area contributed by atoms with Crippen LogP contribution in [0.2, 0.25) is 0 Å².